The molecule has 1 aliphatic carbocycles. The second kappa shape index (κ2) is 11.3. The van der Waals surface area contributed by atoms with Gasteiger partial charge in [-0.05, 0) is 56.5 Å². The minimum absolute atomic E-state index is 0.101. The molecular weight excluding hydrogens is 456 g/mol. The van der Waals surface area contributed by atoms with Crippen LogP contribution in [-0.2, 0) is 16.1 Å². The van der Waals surface area contributed by atoms with Crippen molar-refractivity contribution in [2.24, 2.45) is 0 Å². The van der Waals surface area contributed by atoms with Gasteiger partial charge in [0.05, 0.1) is 0 Å². The van der Waals surface area contributed by atoms with E-state index in [1.54, 1.807) is 24.0 Å². The fourth-order valence-electron chi connectivity index (χ4n) is 3.80. The SMILES string of the molecule is Cc1ccc(CN(C(=O)COc2ccc(Br)cc2)[C@@H](C)C(=O)NC2CCCCC2)cc1. The zero-order valence-corrected chi connectivity index (χ0v) is 19.9. The topological polar surface area (TPSA) is 58.6 Å². The van der Waals surface area contributed by atoms with Crippen LogP contribution in [0.1, 0.15) is 50.2 Å². The monoisotopic (exact) mass is 486 g/mol. The van der Waals surface area contributed by atoms with Gasteiger partial charge in [-0.3, -0.25) is 9.59 Å². The standard InChI is InChI=1S/C25H31BrN2O3/c1-18-8-10-20(11-9-18)16-28(19(2)25(30)27-22-6-4-3-5-7-22)24(29)17-31-23-14-12-21(26)13-15-23/h8-15,19,22H,3-7,16-17H2,1-2H3,(H,27,30)/t19-/m0/s1. The number of nitrogens with zero attached hydrogens (tertiary/aromatic N) is 1. The number of hydrogen-bond acceptors (Lipinski definition) is 3. The van der Waals surface area contributed by atoms with E-state index in [1.807, 2.05) is 43.3 Å². The molecular formula is C25H31BrN2O3. The van der Waals surface area contributed by atoms with Crippen LogP contribution in [0.15, 0.2) is 53.0 Å². The summed E-state index contributed by atoms with van der Waals surface area (Å²) in [5.74, 6) is 0.303. The van der Waals surface area contributed by atoms with Crippen LogP contribution < -0.4 is 10.1 Å². The molecule has 3 rings (SSSR count). The molecule has 1 N–H and O–H groups in total. The van der Waals surface area contributed by atoms with Gasteiger partial charge >= 0.3 is 0 Å². The van der Waals surface area contributed by atoms with Gasteiger partial charge in [0.25, 0.3) is 5.91 Å². The molecule has 0 aliphatic heterocycles. The average Bonchev–Trinajstić information content (AvgIpc) is 2.78. The van der Waals surface area contributed by atoms with Crippen molar-refractivity contribution in [1.82, 2.24) is 10.2 Å². The maximum atomic E-state index is 13.1. The van der Waals surface area contributed by atoms with Gasteiger partial charge in [0.15, 0.2) is 6.61 Å². The number of ether oxygens (including phenoxy) is 1. The molecule has 2 aromatic rings. The van der Waals surface area contributed by atoms with Gasteiger partial charge < -0.3 is 15.0 Å². The van der Waals surface area contributed by atoms with Crippen LogP contribution in [0.25, 0.3) is 0 Å². The van der Waals surface area contributed by atoms with E-state index in [4.69, 9.17) is 4.74 Å². The molecule has 0 radical (unpaired) electrons. The van der Waals surface area contributed by atoms with Gasteiger partial charge in [-0.15, -0.1) is 0 Å². The van der Waals surface area contributed by atoms with Crippen LogP contribution in [0.5, 0.6) is 5.75 Å². The molecule has 0 unspecified atom stereocenters. The highest BCUT2D eigenvalue weighted by atomic mass is 79.9. The first kappa shape index (κ1) is 23.3. The van der Waals surface area contributed by atoms with Crippen LogP contribution in [0.2, 0.25) is 0 Å². The Hall–Kier alpha value is -2.34. The molecule has 2 amide bonds. The molecule has 1 saturated carbocycles. The molecule has 166 valence electrons. The van der Waals surface area contributed by atoms with Crippen LogP contribution in [0.3, 0.4) is 0 Å². The second-order valence-electron chi connectivity index (χ2n) is 8.27. The van der Waals surface area contributed by atoms with Gasteiger partial charge in [-0.2, -0.15) is 0 Å². The number of benzene rings is 2. The van der Waals surface area contributed by atoms with Crippen molar-refractivity contribution < 1.29 is 14.3 Å². The molecule has 1 atom stereocenters. The number of rotatable bonds is 8. The Morgan fingerprint density at radius 1 is 1.06 bits per heavy atom. The lowest BCUT2D eigenvalue weighted by atomic mass is 9.95. The van der Waals surface area contributed by atoms with Crippen LogP contribution in [0, 0.1) is 6.92 Å². The zero-order chi connectivity index (χ0) is 22.2. The van der Waals surface area contributed by atoms with E-state index >= 15 is 0 Å². The van der Waals surface area contributed by atoms with Crippen molar-refractivity contribution in [3.8, 4) is 5.75 Å². The van der Waals surface area contributed by atoms with Gasteiger partial charge in [-0.25, -0.2) is 0 Å². The largest absolute Gasteiger partial charge is 0.484 e. The molecule has 0 heterocycles. The maximum Gasteiger partial charge on any atom is 0.261 e. The van der Waals surface area contributed by atoms with E-state index < -0.39 is 6.04 Å². The number of halogens is 1. The highest BCUT2D eigenvalue weighted by Crippen LogP contribution is 2.19. The van der Waals surface area contributed by atoms with Crippen molar-refractivity contribution in [3.05, 3.63) is 64.1 Å². The molecule has 6 heteroatoms. The summed E-state index contributed by atoms with van der Waals surface area (Å²) >= 11 is 3.39. The molecule has 31 heavy (non-hydrogen) atoms. The lowest BCUT2D eigenvalue weighted by Gasteiger charge is -2.31. The quantitative estimate of drug-likeness (QED) is 0.570. The number of amides is 2. The zero-order valence-electron chi connectivity index (χ0n) is 18.3. The van der Waals surface area contributed by atoms with E-state index in [0.717, 1.165) is 41.3 Å². The lowest BCUT2D eigenvalue weighted by Crippen LogP contribution is -2.51. The Morgan fingerprint density at radius 2 is 1.71 bits per heavy atom. The fraction of sp³-hybridized carbons (Fsp3) is 0.440. The Kier molecular flexibility index (Phi) is 8.52. The average molecular weight is 487 g/mol. The maximum absolute atomic E-state index is 13.1. The molecule has 0 bridgehead atoms. The molecule has 0 saturated heterocycles. The van der Waals surface area contributed by atoms with Gasteiger partial charge in [0, 0.05) is 17.1 Å². The predicted octanol–water partition coefficient (Wildman–Crippen LogP) is 5.00. The third kappa shape index (κ3) is 7.10. The van der Waals surface area contributed by atoms with Crippen LogP contribution in [-0.4, -0.2) is 35.4 Å². The number of carbonyl (C=O) groups is 2. The Morgan fingerprint density at radius 3 is 2.35 bits per heavy atom. The van der Waals surface area contributed by atoms with E-state index in [-0.39, 0.29) is 24.5 Å². The van der Waals surface area contributed by atoms with Crippen molar-refractivity contribution in [1.29, 1.82) is 0 Å². The number of carbonyl (C=O) groups excluding carboxylic acids is 2. The molecule has 0 aromatic heterocycles. The second-order valence-corrected chi connectivity index (χ2v) is 9.19. The summed E-state index contributed by atoms with van der Waals surface area (Å²) < 4.78 is 6.64. The number of hydrogen-bond donors (Lipinski definition) is 1. The van der Waals surface area contributed by atoms with E-state index in [9.17, 15) is 9.59 Å². The molecule has 1 fully saturated rings. The Bertz CT molecular complexity index is 861. The van der Waals surface area contributed by atoms with Crippen molar-refractivity contribution in [3.63, 3.8) is 0 Å². The Labute approximate surface area is 193 Å². The Balaban J connectivity index is 1.69. The number of nitrogens with one attached hydrogen (secondary N) is 1. The van der Waals surface area contributed by atoms with Crippen LogP contribution in [0.4, 0.5) is 0 Å². The third-order valence-electron chi connectivity index (χ3n) is 5.77. The summed E-state index contributed by atoms with van der Waals surface area (Å²) in [4.78, 5) is 27.7. The molecule has 1 aliphatic rings. The highest BCUT2D eigenvalue weighted by molar-refractivity contribution is 9.10. The summed E-state index contributed by atoms with van der Waals surface area (Å²) in [6, 6.07) is 15.0. The molecule has 0 spiro atoms. The summed E-state index contributed by atoms with van der Waals surface area (Å²) in [5.41, 5.74) is 2.14. The third-order valence-corrected chi connectivity index (χ3v) is 6.30. The normalized spacial score (nSPS) is 15.2. The van der Waals surface area contributed by atoms with Gasteiger partial charge in [-0.1, -0.05) is 65.0 Å². The van der Waals surface area contributed by atoms with Crippen molar-refractivity contribution >= 4 is 27.7 Å². The first-order valence-electron chi connectivity index (χ1n) is 11.0. The number of aryl methyl sites for hydroxylation is 1. The molecule has 5 nitrogen and oxygen atoms in total. The van der Waals surface area contributed by atoms with E-state index in [2.05, 4.69) is 21.2 Å². The lowest BCUT2D eigenvalue weighted by molar-refractivity contribution is -0.142. The first-order valence-corrected chi connectivity index (χ1v) is 11.8. The van der Waals surface area contributed by atoms with Crippen molar-refractivity contribution in [2.45, 2.75) is 64.6 Å². The van der Waals surface area contributed by atoms with Crippen LogP contribution >= 0.6 is 15.9 Å². The smallest absolute Gasteiger partial charge is 0.261 e. The highest BCUT2D eigenvalue weighted by Gasteiger charge is 2.28. The summed E-state index contributed by atoms with van der Waals surface area (Å²) in [6.45, 7) is 4.07. The minimum atomic E-state index is -0.579. The van der Waals surface area contributed by atoms with Gasteiger partial charge in [0.1, 0.15) is 11.8 Å². The summed E-state index contributed by atoms with van der Waals surface area (Å²) in [7, 11) is 0. The predicted molar refractivity (Wildman–Crippen MR) is 126 cm³/mol. The fourth-order valence-corrected chi connectivity index (χ4v) is 4.06. The molecule has 2 aromatic carbocycles. The minimum Gasteiger partial charge on any atom is -0.484 e. The van der Waals surface area contributed by atoms with Gasteiger partial charge in [0.2, 0.25) is 5.91 Å². The van der Waals surface area contributed by atoms with E-state index in [0.29, 0.717) is 12.3 Å². The summed E-state index contributed by atoms with van der Waals surface area (Å²) in [5, 5.41) is 3.15. The van der Waals surface area contributed by atoms with Crippen molar-refractivity contribution in [2.75, 3.05) is 6.61 Å². The first-order chi connectivity index (χ1) is 14.9. The summed E-state index contributed by atoms with van der Waals surface area (Å²) in [6.07, 6.45) is 5.54. The van der Waals surface area contributed by atoms with E-state index in [1.165, 1.54) is 6.42 Å².